The number of nitro groups is 1. The number of para-hydroxylation sites is 1. The molecule has 0 amide bonds. The van der Waals surface area contributed by atoms with E-state index in [-0.39, 0.29) is 28.2 Å². The Bertz CT molecular complexity index is 537. The number of aryl methyl sites for hydroxylation is 1. The molecule has 0 aromatic heterocycles. The van der Waals surface area contributed by atoms with Gasteiger partial charge in [-0.2, -0.15) is 0 Å². The lowest BCUT2D eigenvalue weighted by atomic mass is 9.62. The van der Waals surface area contributed by atoms with Gasteiger partial charge in [0.1, 0.15) is 6.10 Å². The Kier molecular flexibility index (Phi) is 3.17. The number of ether oxygens (including phenoxy) is 1. The molecule has 2 fully saturated rings. The molecular weight excluding hydrogens is 258 g/mol. The molecule has 0 aliphatic heterocycles. The third-order valence-electron chi connectivity index (χ3n) is 4.93. The lowest BCUT2D eigenvalue weighted by molar-refractivity contribution is -0.387. The van der Waals surface area contributed by atoms with Gasteiger partial charge in [0, 0.05) is 17.4 Å². The van der Waals surface area contributed by atoms with Crippen molar-refractivity contribution in [3.8, 4) is 5.75 Å². The quantitative estimate of drug-likeness (QED) is 0.681. The lowest BCUT2D eigenvalue weighted by Gasteiger charge is -2.50. The molecule has 20 heavy (non-hydrogen) atoms. The monoisotopic (exact) mass is 277 g/mol. The molecule has 0 bridgehead atoms. The molecule has 0 heterocycles. The zero-order valence-electron chi connectivity index (χ0n) is 11.5. The molecule has 2 unspecified atom stereocenters. The number of hydrogen-bond donors (Lipinski definition) is 1. The Morgan fingerprint density at radius 1 is 1.40 bits per heavy atom. The number of rotatable bonds is 3. The molecule has 2 aliphatic carbocycles. The fourth-order valence-corrected chi connectivity index (χ4v) is 3.69. The second-order valence-electron chi connectivity index (χ2n) is 5.98. The largest absolute Gasteiger partial charge is 0.483 e. The summed E-state index contributed by atoms with van der Waals surface area (Å²) in [7, 11) is 0. The minimum Gasteiger partial charge on any atom is -0.483 e. The van der Waals surface area contributed by atoms with Crippen LogP contribution in [-0.4, -0.2) is 22.2 Å². The third kappa shape index (κ3) is 1.88. The van der Waals surface area contributed by atoms with Gasteiger partial charge in [0.05, 0.1) is 11.0 Å². The highest BCUT2D eigenvalue weighted by atomic mass is 16.6. The number of aliphatic hydroxyl groups is 1. The highest BCUT2D eigenvalue weighted by Gasteiger charge is 2.57. The maximum atomic E-state index is 11.2. The molecule has 108 valence electrons. The van der Waals surface area contributed by atoms with Crippen molar-refractivity contribution < 1.29 is 14.8 Å². The number of aliphatic hydroxyl groups excluding tert-OH is 1. The molecule has 1 aromatic rings. The summed E-state index contributed by atoms with van der Waals surface area (Å²) in [5.74, 6) is 0.332. The third-order valence-corrected chi connectivity index (χ3v) is 4.93. The minimum atomic E-state index is -0.388. The summed E-state index contributed by atoms with van der Waals surface area (Å²) >= 11 is 0. The zero-order valence-corrected chi connectivity index (χ0v) is 11.5. The molecule has 2 saturated carbocycles. The van der Waals surface area contributed by atoms with Crippen molar-refractivity contribution in [1.29, 1.82) is 0 Å². The SMILES string of the molecule is Cc1cccc(OC2CC(O)C23CCCC3)c1[N+](=O)[O-]. The van der Waals surface area contributed by atoms with Crippen molar-refractivity contribution in [3.05, 3.63) is 33.9 Å². The molecule has 3 rings (SSSR count). The van der Waals surface area contributed by atoms with Crippen LogP contribution in [0, 0.1) is 22.5 Å². The number of benzene rings is 1. The average molecular weight is 277 g/mol. The summed E-state index contributed by atoms with van der Waals surface area (Å²) < 4.78 is 5.93. The molecule has 1 spiro atoms. The van der Waals surface area contributed by atoms with Gasteiger partial charge in [0.15, 0.2) is 5.75 Å². The second kappa shape index (κ2) is 4.74. The number of hydrogen-bond acceptors (Lipinski definition) is 4. The Morgan fingerprint density at radius 3 is 2.70 bits per heavy atom. The van der Waals surface area contributed by atoms with Gasteiger partial charge < -0.3 is 9.84 Å². The topological polar surface area (TPSA) is 72.6 Å². The Hall–Kier alpha value is -1.62. The summed E-state index contributed by atoms with van der Waals surface area (Å²) in [6.45, 7) is 1.71. The van der Waals surface area contributed by atoms with Crippen LogP contribution in [-0.2, 0) is 0 Å². The van der Waals surface area contributed by atoms with Crippen LogP contribution in [0.2, 0.25) is 0 Å². The van der Waals surface area contributed by atoms with E-state index in [2.05, 4.69) is 0 Å². The van der Waals surface area contributed by atoms with Crippen molar-refractivity contribution in [2.75, 3.05) is 0 Å². The van der Waals surface area contributed by atoms with E-state index in [0.717, 1.165) is 25.7 Å². The molecule has 2 aliphatic rings. The maximum absolute atomic E-state index is 11.2. The summed E-state index contributed by atoms with van der Waals surface area (Å²) in [6, 6.07) is 5.14. The van der Waals surface area contributed by atoms with E-state index in [0.29, 0.717) is 17.7 Å². The predicted octanol–water partition coefficient (Wildman–Crippen LogP) is 2.98. The van der Waals surface area contributed by atoms with E-state index < -0.39 is 0 Å². The Labute approximate surface area is 117 Å². The lowest BCUT2D eigenvalue weighted by Crippen LogP contribution is -2.58. The smallest absolute Gasteiger partial charge is 0.313 e. The van der Waals surface area contributed by atoms with Crippen LogP contribution in [0.15, 0.2) is 18.2 Å². The van der Waals surface area contributed by atoms with Crippen molar-refractivity contribution in [3.63, 3.8) is 0 Å². The van der Waals surface area contributed by atoms with Gasteiger partial charge >= 0.3 is 5.69 Å². The van der Waals surface area contributed by atoms with Crippen LogP contribution in [0.4, 0.5) is 5.69 Å². The van der Waals surface area contributed by atoms with Crippen molar-refractivity contribution in [1.82, 2.24) is 0 Å². The van der Waals surface area contributed by atoms with Crippen LogP contribution in [0.25, 0.3) is 0 Å². The van der Waals surface area contributed by atoms with E-state index >= 15 is 0 Å². The van der Waals surface area contributed by atoms with E-state index in [9.17, 15) is 15.2 Å². The van der Waals surface area contributed by atoms with Gasteiger partial charge in [-0.25, -0.2) is 0 Å². The van der Waals surface area contributed by atoms with Gasteiger partial charge in [-0.1, -0.05) is 25.0 Å². The van der Waals surface area contributed by atoms with Gasteiger partial charge in [-0.15, -0.1) is 0 Å². The Morgan fingerprint density at radius 2 is 2.10 bits per heavy atom. The van der Waals surface area contributed by atoms with E-state index in [1.54, 1.807) is 25.1 Å². The van der Waals surface area contributed by atoms with Gasteiger partial charge in [0.25, 0.3) is 0 Å². The maximum Gasteiger partial charge on any atom is 0.313 e. The average Bonchev–Trinajstić information content (AvgIpc) is 2.90. The fourth-order valence-electron chi connectivity index (χ4n) is 3.69. The Balaban J connectivity index is 1.86. The molecule has 1 aromatic carbocycles. The first kappa shape index (κ1) is 13.4. The molecule has 5 heteroatoms. The van der Waals surface area contributed by atoms with E-state index in [1.807, 2.05) is 0 Å². The first-order chi connectivity index (χ1) is 9.54. The van der Waals surface area contributed by atoms with Gasteiger partial charge in [0.2, 0.25) is 0 Å². The van der Waals surface area contributed by atoms with Crippen molar-refractivity contribution >= 4 is 5.69 Å². The highest BCUT2D eigenvalue weighted by molar-refractivity contribution is 5.52. The molecule has 2 atom stereocenters. The van der Waals surface area contributed by atoms with Crippen LogP contribution in [0.3, 0.4) is 0 Å². The number of nitrogens with zero attached hydrogens (tertiary/aromatic N) is 1. The van der Waals surface area contributed by atoms with Gasteiger partial charge in [-0.05, 0) is 25.8 Å². The highest BCUT2D eigenvalue weighted by Crippen LogP contribution is 2.55. The van der Waals surface area contributed by atoms with E-state index in [1.165, 1.54) is 0 Å². The van der Waals surface area contributed by atoms with Gasteiger partial charge in [-0.3, -0.25) is 10.1 Å². The summed E-state index contributed by atoms with van der Waals surface area (Å²) in [6.07, 6.45) is 4.28. The first-order valence-electron chi connectivity index (χ1n) is 7.13. The molecule has 1 N–H and O–H groups in total. The predicted molar refractivity (Wildman–Crippen MR) is 73.8 cm³/mol. The summed E-state index contributed by atoms with van der Waals surface area (Å²) in [5.41, 5.74) is 0.479. The molecular formula is C15H19NO4. The van der Waals surface area contributed by atoms with Crippen LogP contribution < -0.4 is 4.74 Å². The summed E-state index contributed by atoms with van der Waals surface area (Å²) in [4.78, 5) is 10.8. The molecule has 0 radical (unpaired) electrons. The van der Waals surface area contributed by atoms with Crippen LogP contribution in [0.1, 0.15) is 37.7 Å². The minimum absolute atomic E-state index is 0.0436. The van der Waals surface area contributed by atoms with Crippen molar-refractivity contribution in [2.24, 2.45) is 5.41 Å². The van der Waals surface area contributed by atoms with Crippen molar-refractivity contribution in [2.45, 2.75) is 51.2 Å². The first-order valence-corrected chi connectivity index (χ1v) is 7.13. The summed E-state index contributed by atoms with van der Waals surface area (Å²) in [5, 5.41) is 21.2. The second-order valence-corrected chi connectivity index (χ2v) is 5.98. The molecule has 5 nitrogen and oxygen atoms in total. The molecule has 0 saturated heterocycles. The van der Waals surface area contributed by atoms with E-state index in [4.69, 9.17) is 4.74 Å². The zero-order chi connectivity index (χ0) is 14.3. The van der Waals surface area contributed by atoms with Crippen LogP contribution in [0.5, 0.6) is 5.75 Å². The standard InChI is InChI=1S/C15H19NO4/c1-10-5-4-6-11(14(10)16(18)19)20-13-9-12(17)15(13)7-2-3-8-15/h4-6,12-13,17H,2-3,7-9H2,1H3. The van der Waals surface area contributed by atoms with Crippen LogP contribution >= 0.6 is 0 Å². The number of nitro benzene ring substituents is 1. The normalized spacial score (nSPS) is 27.3. The fraction of sp³-hybridized carbons (Fsp3) is 0.600.